The number of anilines is 2. The quantitative estimate of drug-likeness (QED) is 0.439. The number of aromatic nitrogens is 3. The minimum Gasteiger partial charge on any atom is -0.378 e. The van der Waals surface area contributed by atoms with Crippen molar-refractivity contribution in [2.75, 3.05) is 36.5 Å². The van der Waals surface area contributed by atoms with E-state index >= 15 is 0 Å². The fourth-order valence-corrected chi connectivity index (χ4v) is 6.01. The van der Waals surface area contributed by atoms with Crippen LogP contribution < -0.4 is 10.2 Å². The number of nitrogens with zero attached hydrogens (tertiary/aromatic N) is 4. The topological polar surface area (TPSA) is 72.4 Å². The highest BCUT2D eigenvalue weighted by Crippen LogP contribution is 2.44. The van der Waals surface area contributed by atoms with E-state index in [4.69, 9.17) is 19.4 Å². The van der Waals surface area contributed by atoms with Crippen molar-refractivity contribution in [1.82, 2.24) is 15.0 Å². The van der Waals surface area contributed by atoms with Crippen molar-refractivity contribution in [2.24, 2.45) is 0 Å². The minimum absolute atomic E-state index is 0.181. The smallest absolute Gasteiger partial charge is 0.147 e. The molecule has 1 N–H and O–H groups in total. The molecule has 7 nitrogen and oxygen atoms in total. The number of ether oxygens (including phenoxy) is 2. The third-order valence-corrected chi connectivity index (χ3v) is 8.15. The van der Waals surface area contributed by atoms with E-state index < -0.39 is 0 Å². The zero-order valence-corrected chi connectivity index (χ0v) is 20.5. The normalized spacial score (nSPS) is 20.6. The lowest BCUT2D eigenvalue weighted by atomic mass is 9.87. The maximum absolute atomic E-state index is 6.38. The van der Waals surface area contributed by atoms with Gasteiger partial charge in [0.2, 0.25) is 0 Å². The summed E-state index contributed by atoms with van der Waals surface area (Å²) in [6, 6.07) is 10.4. The number of fused-ring (bicyclic) bond motifs is 5. The van der Waals surface area contributed by atoms with Gasteiger partial charge in [-0.25, -0.2) is 15.0 Å². The summed E-state index contributed by atoms with van der Waals surface area (Å²) in [7, 11) is 0. The molecule has 2 aliphatic rings. The molecule has 1 aromatic carbocycles. The Hall–Kier alpha value is -2.81. The van der Waals surface area contributed by atoms with Gasteiger partial charge < -0.3 is 19.7 Å². The van der Waals surface area contributed by atoms with Crippen molar-refractivity contribution in [2.45, 2.75) is 45.4 Å². The van der Waals surface area contributed by atoms with Crippen LogP contribution in [0.4, 0.5) is 11.6 Å². The Morgan fingerprint density at radius 2 is 1.94 bits per heavy atom. The van der Waals surface area contributed by atoms with Gasteiger partial charge in [0.1, 0.15) is 22.8 Å². The number of thiophene rings is 1. The van der Waals surface area contributed by atoms with E-state index in [0.29, 0.717) is 13.2 Å². The number of benzene rings is 1. The van der Waals surface area contributed by atoms with E-state index in [1.807, 2.05) is 6.07 Å². The first kappa shape index (κ1) is 21.7. The van der Waals surface area contributed by atoms with Gasteiger partial charge in [-0.2, -0.15) is 0 Å². The van der Waals surface area contributed by atoms with Gasteiger partial charge in [-0.05, 0) is 24.5 Å². The van der Waals surface area contributed by atoms with Gasteiger partial charge in [0.25, 0.3) is 0 Å². The number of pyridine rings is 1. The molecule has 0 aliphatic carbocycles. The SMILES string of the molecule is CC[C@]1(C)Cc2c(c(N3CCOCC3)nc3sc4c(NCc5ccccc5)ncnc4c23)CO1. The fourth-order valence-electron chi connectivity index (χ4n) is 4.89. The van der Waals surface area contributed by atoms with Crippen LogP contribution in [-0.4, -0.2) is 46.9 Å². The Morgan fingerprint density at radius 3 is 2.74 bits per heavy atom. The summed E-state index contributed by atoms with van der Waals surface area (Å²) in [5.74, 6) is 1.91. The van der Waals surface area contributed by atoms with Gasteiger partial charge in [0.15, 0.2) is 0 Å². The number of morpholine rings is 1. The van der Waals surface area contributed by atoms with E-state index in [1.54, 1.807) is 17.7 Å². The van der Waals surface area contributed by atoms with Crippen LogP contribution in [0.25, 0.3) is 20.4 Å². The highest BCUT2D eigenvalue weighted by molar-refractivity contribution is 7.26. The second kappa shape index (κ2) is 8.76. The molecule has 4 aromatic rings. The van der Waals surface area contributed by atoms with Crippen LogP contribution in [0.2, 0.25) is 0 Å². The molecule has 0 spiro atoms. The summed E-state index contributed by atoms with van der Waals surface area (Å²) in [6.07, 6.45) is 3.49. The van der Waals surface area contributed by atoms with E-state index in [-0.39, 0.29) is 5.60 Å². The van der Waals surface area contributed by atoms with Crippen molar-refractivity contribution in [3.63, 3.8) is 0 Å². The Balaban J connectivity index is 1.50. The first-order valence-electron chi connectivity index (χ1n) is 12.0. The van der Waals surface area contributed by atoms with Crippen molar-refractivity contribution in [1.29, 1.82) is 0 Å². The van der Waals surface area contributed by atoms with E-state index in [9.17, 15) is 0 Å². The molecule has 1 atom stereocenters. The van der Waals surface area contributed by atoms with Crippen LogP contribution >= 0.6 is 11.3 Å². The molecule has 2 aliphatic heterocycles. The lowest BCUT2D eigenvalue weighted by Crippen LogP contribution is -2.40. The summed E-state index contributed by atoms with van der Waals surface area (Å²) >= 11 is 1.68. The number of hydrogen-bond donors (Lipinski definition) is 1. The summed E-state index contributed by atoms with van der Waals surface area (Å²) < 4.78 is 13.0. The Labute approximate surface area is 203 Å². The molecular formula is C26H29N5O2S. The third-order valence-electron chi connectivity index (χ3n) is 7.07. The molecule has 0 unspecified atom stereocenters. The second-order valence-corrected chi connectivity index (χ2v) is 10.3. The summed E-state index contributed by atoms with van der Waals surface area (Å²) in [5.41, 5.74) is 4.57. The van der Waals surface area contributed by atoms with Gasteiger partial charge in [-0.3, -0.25) is 0 Å². The van der Waals surface area contributed by atoms with Crippen molar-refractivity contribution >= 4 is 43.4 Å². The van der Waals surface area contributed by atoms with E-state index in [2.05, 4.69) is 53.3 Å². The van der Waals surface area contributed by atoms with E-state index in [1.165, 1.54) is 22.1 Å². The molecule has 176 valence electrons. The number of hydrogen-bond acceptors (Lipinski definition) is 8. The van der Waals surface area contributed by atoms with Gasteiger partial charge in [-0.1, -0.05) is 37.3 Å². The molecule has 0 bridgehead atoms. The van der Waals surface area contributed by atoms with E-state index in [0.717, 1.165) is 65.8 Å². The molecule has 1 fully saturated rings. The lowest BCUT2D eigenvalue weighted by molar-refractivity contribution is -0.0558. The van der Waals surface area contributed by atoms with Crippen LogP contribution in [0.3, 0.4) is 0 Å². The Kier molecular flexibility index (Phi) is 5.59. The summed E-state index contributed by atoms with van der Waals surface area (Å²) in [6.45, 7) is 8.87. The molecule has 8 heteroatoms. The van der Waals surface area contributed by atoms with Crippen LogP contribution in [0, 0.1) is 0 Å². The molecule has 34 heavy (non-hydrogen) atoms. The van der Waals surface area contributed by atoms with Crippen molar-refractivity contribution < 1.29 is 9.47 Å². The first-order chi connectivity index (χ1) is 16.6. The predicted molar refractivity (Wildman–Crippen MR) is 137 cm³/mol. The van der Waals surface area contributed by atoms with Gasteiger partial charge in [0, 0.05) is 37.0 Å². The molecule has 6 rings (SSSR count). The van der Waals surface area contributed by atoms with Crippen molar-refractivity contribution in [3.8, 4) is 0 Å². The molecule has 5 heterocycles. The average Bonchev–Trinajstić information content (AvgIpc) is 3.27. The molecule has 0 saturated carbocycles. The minimum atomic E-state index is -0.181. The monoisotopic (exact) mass is 475 g/mol. The molecule has 0 amide bonds. The zero-order valence-electron chi connectivity index (χ0n) is 19.6. The highest BCUT2D eigenvalue weighted by atomic mass is 32.1. The number of rotatable bonds is 5. The Bertz CT molecular complexity index is 1340. The van der Waals surface area contributed by atoms with Gasteiger partial charge in [0.05, 0.1) is 35.6 Å². The largest absolute Gasteiger partial charge is 0.378 e. The predicted octanol–water partition coefficient (Wildman–Crippen LogP) is 4.93. The third kappa shape index (κ3) is 3.79. The van der Waals surface area contributed by atoms with Gasteiger partial charge in [-0.15, -0.1) is 11.3 Å². The Morgan fingerprint density at radius 1 is 1.12 bits per heavy atom. The molecule has 1 saturated heterocycles. The zero-order chi connectivity index (χ0) is 23.1. The van der Waals surface area contributed by atoms with Gasteiger partial charge >= 0.3 is 0 Å². The maximum Gasteiger partial charge on any atom is 0.147 e. The van der Waals surface area contributed by atoms with Crippen LogP contribution in [0.1, 0.15) is 37.0 Å². The second-order valence-electron chi connectivity index (χ2n) is 9.28. The molecule has 0 radical (unpaired) electrons. The first-order valence-corrected chi connectivity index (χ1v) is 12.8. The maximum atomic E-state index is 6.38. The van der Waals surface area contributed by atoms with Crippen LogP contribution in [-0.2, 0) is 29.0 Å². The van der Waals surface area contributed by atoms with Crippen molar-refractivity contribution in [3.05, 3.63) is 53.3 Å². The summed E-state index contributed by atoms with van der Waals surface area (Å²) in [5, 5.41) is 4.70. The molecular weight excluding hydrogens is 446 g/mol. The average molecular weight is 476 g/mol. The summed E-state index contributed by atoms with van der Waals surface area (Å²) in [4.78, 5) is 17.9. The highest BCUT2D eigenvalue weighted by Gasteiger charge is 2.35. The lowest BCUT2D eigenvalue weighted by Gasteiger charge is -2.37. The standard InChI is InChI=1S/C26H29N5O2S/c1-3-26(2)13-18-19(15-33-26)24(31-9-11-32-12-10-31)30-25-20(18)21-22(34-25)23(29-16-28-21)27-14-17-7-5-4-6-8-17/h4-8,16H,3,9-15H2,1-2H3,(H,27,28,29)/t26-/m1/s1. The van der Waals surface area contributed by atoms with Crippen LogP contribution in [0.15, 0.2) is 36.7 Å². The molecule has 3 aromatic heterocycles. The fraction of sp³-hybridized carbons (Fsp3) is 0.423. The number of nitrogens with one attached hydrogen (secondary N) is 1. The van der Waals surface area contributed by atoms with Crippen LogP contribution in [0.5, 0.6) is 0 Å².